The number of carbonyl (C=O) groups excluding carboxylic acids is 3. The van der Waals surface area contributed by atoms with Crippen LogP contribution in [-0.2, 0) is 4.74 Å². The molecule has 1 aromatic heterocycles. The van der Waals surface area contributed by atoms with Gasteiger partial charge in [-0.15, -0.1) is 11.3 Å². The van der Waals surface area contributed by atoms with Crippen LogP contribution in [0.4, 0.5) is 5.00 Å². The summed E-state index contributed by atoms with van der Waals surface area (Å²) < 4.78 is 5.16. The maximum Gasteiger partial charge on any atom is 0.341 e. The average Bonchev–Trinajstić information content (AvgIpc) is 3.05. The maximum absolute atomic E-state index is 12.9. The Morgan fingerprint density at radius 3 is 2.50 bits per heavy atom. The topological polar surface area (TPSA) is 84.5 Å². The van der Waals surface area contributed by atoms with E-state index in [4.69, 9.17) is 16.3 Å². The number of benzene rings is 1. The molecule has 1 aliphatic rings. The van der Waals surface area contributed by atoms with Crippen molar-refractivity contribution < 1.29 is 19.1 Å². The molecule has 3 rings (SSSR count). The number of carbonyl (C=O) groups is 3. The zero-order valence-electron chi connectivity index (χ0n) is 17.0. The Balaban J connectivity index is 1.90. The Bertz CT molecular complexity index is 951. The highest BCUT2D eigenvalue weighted by atomic mass is 35.5. The molecule has 0 radical (unpaired) electrons. The van der Waals surface area contributed by atoms with Gasteiger partial charge in [-0.05, 0) is 44.4 Å². The third-order valence-corrected chi connectivity index (χ3v) is 6.65. The molecule has 0 spiro atoms. The summed E-state index contributed by atoms with van der Waals surface area (Å²) in [4.78, 5) is 38.6. The second-order valence-electron chi connectivity index (χ2n) is 7.22. The zero-order chi connectivity index (χ0) is 21.7. The van der Waals surface area contributed by atoms with Crippen LogP contribution in [0.1, 0.15) is 75.0 Å². The molecule has 6 nitrogen and oxygen atoms in total. The number of hydrogen-bond donors (Lipinski definition) is 2. The van der Waals surface area contributed by atoms with E-state index in [9.17, 15) is 14.4 Å². The van der Waals surface area contributed by atoms with Crippen LogP contribution in [0.3, 0.4) is 0 Å². The minimum Gasteiger partial charge on any atom is -0.462 e. The van der Waals surface area contributed by atoms with Crippen molar-refractivity contribution in [1.29, 1.82) is 0 Å². The summed E-state index contributed by atoms with van der Waals surface area (Å²) in [5.41, 5.74) is 0.991. The second-order valence-corrected chi connectivity index (χ2v) is 8.65. The standard InChI is InChI=1S/C22H25ClN2O4S/c1-3-29-22(28)17-13(2)18(20(27)24-14-9-5-4-6-10-14)30-21(17)25-19(26)15-11-7-8-12-16(15)23/h7-8,11-12,14H,3-6,9-10H2,1-2H3,(H,24,27)(H,25,26). The van der Waals surface area contributed by atoms with Crippen molar-refractivity contribution in [3.05, 3.63) is 50.9 Å². The predicted molar refractivity (Wildman–Crippen MR) is 119 cm³/mol. The Morgan fingerprint density at radius 1 is 1.13 bits per heavy atom. The van der Waals surface area contributed by atoms with Gasteiger partial charge in [0.25, 0.3) is 11.8 Å². The van der Waals surface area contributed by atoms with Gasteiger partial charge in [0.05, 0.1) is 27.6 Å². The Morgan fingerprint density at radius 2 is 1.83 bits per heavy atom. The minimum atomic E-state index is -0.572. The Kier molecular flexibility index (Phi) is 7.50. The zero-order valence-corrected chi connectivity index (χ0v) is 18.6. The van der Waals surface area contributed by atoms with Crippen molar-refractivity contribution in [1.82, 2.24) is 5.32 Å². The molecule has 30 heavy (non-hydrogen) atoms. The van der Waals surface area contributed by atoms with Gasteiger partial charge in [-0.2, -0.15) is 0 Å². The number of halogens is 1. The fourth-order valence-electron chi connectivity index (χ4n) is 3.58. The molecule has 8 heteroatoms. The minimum absolute atomic E-state index is 0.139. The first-order valence-corrected chi connectivity index (χ1v) is 11.3. The predicted octanol–water partition coefficient (Wildman–Crippen LogP) is 5.20. The number of rotatable bonds is 6. The molecule has 0 saturated heterocycles. The number of hydrogen-bond acceptors (Lipinski definition) is 5. The van der Waals surface area contributed by atoms with Gasteiger partial charge >= 0.3 is 5.97 Å². The number of nitrogens with one attached hydrogen (secondary N) is 2. The van der Waals surface area contributed by atoms with E-state index in [1.807, 2.05) is 0 Å². The number of ether oxygens (including phenoxy) is 1. The molecule has 2 amide bonds. The lowest BCUT2D eigenvalue weighted by molar-refractivity contribution is 0.0527. The second kappa shape index (κ2) is 10.1. The van der Waals surface area contributed by atoms with Crippen LogP contribution >= 0.6 is 22.9 Å². The number of anilines is 1. The highest BCUT2D eigenvalue weighted by Crippen LogP contribution is 2.35. The number of amides is 2. The molecule has 2 N–H and O–H groups in total. The summed E-state index contributed by atoms with van der Waals surface area (Å²) in [6.07, 6.45) is 5.30. The SMILES string of the molecule is CCOC(=O)c1c(NC(=O)c2ccccc2Cl)sc(C(=O)NC2CCCCC2)c1C. The van der Waals surface area contributed by atoms with Gasteiger partial charge in [-0.1, -0.05) is 43.0 Å². The van der Waals surface area contributed by atoms with Crippen molar-refractivity contribution in [2.75, 3.05) is 11.9 Å². The van der Waals surface area contributed by atoms with E-state index in [0.29, 0.717) is 15.5 Å². The fraction of sp³-hybridized carbons (Fsp3) is 0.409. The van der Waals surface area contributed by atoms with Gasteiger partial charge in [0, 0.05) is 6.04 Å². The summed E-state index contributed by atoms with van der Waals surface area (Å²) in [5, 5.41) is 6.39. The molecular formula is C22H25ClN2O4S. The van der Waals surface area contributed by atoms with Crippen LogP contribution in [-0.4, -0.2) is 30.4 Å². The lowest BCUT2D eigenvalue weighted by atomic mass is 9.95. The Labute approximate surface area is 185 Å². The summed E-state index contributed by atoms with van der Waals surface area (Å²) in [7, 11) is 0. The smallest absolute Gasteiger partial charge is 0.341 e. The van der Waals surface area contributed by atoms with Crippen LogP contribution in [0.5, 0.6) is 0 Å². The van der Waals surface area contributed by atoms with Crippen molar-refractivity contribution in [2.45, 2.75) is 52.0 Å². The fourth-order valence-corrected chi connectivity index (χ4v) is 4.90. The third kappa shape index (κ3) is 5.02. The van der Waals surface area contributed by atoms with E-state index in [0.717, 1.165) is 37.0 Å². The first-order valence-electron chi connectivity index (χ1n) is 10.1. The number of thiophene rings is 1. The van der Waals surface area contributed by atoms with Gasteiger partial charge in [-0.3, -0.25) is 9.59 Å². The quantitative estimate of drug-likeness (QED) is 0.594. The van der Waals surface area contributed by atoms with Crippen LogP contribution in [0.25, 0.3) is 0 Å². The van der Waals surface area contributed by atoms with Crippen molar-refractivity contribution in [2.24, 2.45) is 0 Å². The lowest BCUT2D eigenvalue weighted by Crippen LogP contribution is -2.36. The van der Waals surface area contributed by atoms with Gasteiger partial charge in [-0.25, -0.2) is 4.79 Å². The van der Waals surface area contributed by atoms with Gasteiger partial charge in [0.15, 0.2) is 0 Å². The van der Waals surface area contributed by atoms with E-state index >= 15 is 0 Å². The molecule has 0 bridgehead atoms. The highest BCUT2D eigenvalue weighted by molar-refractivity contribution is 7.18. The summed E-state index contributed by atoms with van der Waals surface area (Å²) >= 11 is 7.20. The lowest BCUT2D eigenvalue weighted by Gasteiger charge is -2.22. The average molecular weight is 449 g/mol. The molecule has 1 fully saturated rings. The van der Waals surface area contributed by atoms with Gasteiger partial charge in [0.2, 0.25) is 0 Å². The maximum atomic E-state index is 12.9. The molecular weight excluding hydrogens is 424 g/mol. The van der Waals surface area contributed by atoms with Crippen molar-refractivity contribution in [3.63, 3.8) is 0 Å². The summed E-state index contributed by atoms with van der Waals surface area (Å²) in [5.74, 6) is -1.25. The first kappa shape index (κ1) is 22.3. The van der Waals surface area contributed by atoms with Crippen LogP contribution in [0.15, 0.2) is 24.3 Å². The molecule has 1 heterocycles. The highest BCUT2D eigenvalue weighted by Gasteiger charge is 2.28. The molecule has 0 aliphatic heterocycles. The van der Waals surface area contributed by atoms with Crippen LogP contribution < -0.4 is 10.6 Å². The van der Waals surface area contributed by atoms with E-state index in [1.54, 1.807) is 38.1 Å². The summed E-state index contributed by atoms with van der Waals surface area (Å²) in [6, 6.07) is 6.78. The third-order valence-electron chi connectivity index (χ3n) is 5.12. The monoisotopic (exact) mass is 448 g/mol. The number of esters is 1. The van der Waals surface area contributed by atoms with Gasteiger partial charge < -0.3 is 15.4 Å². The molecule has 160 valence electrons. The molecule has 1 aliphatic carbocycles. The molecule has 1 aromatic carbocycles. The van der Waals surface area contributed by atoms with E-state index in [-0.39, 0.29) is 34.7 Å². The normalized spacial score (nSPS) is 14.2. The molecule has 0 unspecified atom stereocenters. The molecule has 0 atom stereocenters. The summed E-state index contributed by atoms with van der Waals surface area (Å²) in [6.45, 7) is 3.59. The largest absolute Gasteiger partial charge is 0.462 e. The van der Waals surface area contributed by atoms with E-state index in [2.05, 4.69) is 10.6 Å². The van der Waals surface area contributed by atoms with E-state index < -0.39 is 11.9 Å². The van der Waals surface area contributed by atoms with Crippen molar-refractivity contribution in [3.8, 4) is 0 Å². The molecule has 1 saturated carbocycles. The van der Waals surface area contributed by atoms with Crippen molar-refractivity contribution >= 4 is 45.7 Å². The van der Waals surface area contributed by atoms with E-state index in [1.165, 1.54) is 6.42 Å². The molecule has 2 aromatic rings. The Hall–Kier alpha value is -2.38. The van der Waals surface area contributed by atoms with Crippen LogP contribution in [0, 0.1) is 6.92 Å². The first-order chi connectivity index (χ1) is 14.4. The van der Waals surface area contributed by atoms with Gasteiger partial charge in [0.1, 0.15) is 5.00 Å². The van der Waals surface area contributed by atoms with Crippen LogP contribution in [0.2, 0.25) is 5.02 Å².